The molecular weight excluding hydrogens is 446 g/mol. The Morgan fingerprint density at radius 2 is 1.94 bits per heavy atom. The van der Waals surface area contributed by atoms with E-state index < -0.39 is 5.91 Å². The number of para-hydroxylation sites is 1. The maximum atomic E-state index is 13.5. The van der Waals surface area contributed by atoms with Crippen molar-refractivity contribution in [3.63, 3.8) is 0 Å². The van der Waals surface area contributed by atoms with Crippen LogP contribution in [0, 0.1) is 0 Å². The molecule has 5 rings (SSSR count). The van der Waals surface area contributed by atoms with E-state index in [4.69, 9.17) is 9.40 Å². The highest BCUT2D eigenvalue weighted by molar-refractivity contribution is 6.14. The molecule has 35 heavy (non-hydrogen) atoms. The lowest BCUT2D eigenvalue weighted by molar-refractivity contribution is 0.0943. The first-order valence-electron chi connectivity index (χ1n) is 11.1. The van der Waals surface area contributed by atoms with E-state index in [1.807, 2.05) is 37.4 Å². The van der Waals surface area contributed by atoms with E-state index >= 15 is 0 Å². The van der Waals surface area contributed by atoms with Crippen LogP contribution in [0.25, 0.3) is 22.2 Å². The smallest absolute Gasteiger partial charge is 0.274 e. The fourth-order valence-electron chi connectivity index (χ4n) is 3.78. The molecule has 0 bridgehead atoms. The van der Waals surface area contributed by atoms with Gasteiger partial charge >= 0.3 is 0 Å². The van der Waals surface area contributed by atoms with Crippen LogP contribution in [-0.4, -0.2) is 36.4 Å². The Labute approximate surface area is 200 Å². The molecule has 0 saturated carbocycles. The number of furan rings is 1. The van der Waals surface area contributed by atoms with Crippen molar-refractivity contribution >= 4 is 28.4 Å². The van der Waals surface area contributed by atoms with Gasteiger partial charge in [-0.1, -0.05) is 18.2 Å². The molecule has 0 fully saturated rings. The minimum atomic E-state index is -0.426. The number of nitrogens with zero attached hydrogens (tertiary/aromatic N) is 5. The normalized spacial score (nSPS) is 11.0. The van der Waals surface area contributed by atoms with E-state index in [0.29, 0.717) is 33.6 Å². The van der Waals surface area contributed by atoms with Crippen LogP contribution in [0.5, 0.6) is 0 Å². The molecule has 10 nitrogen and oxygen atoms in total. The number of aryl methyl sites for hydroxylation is 2. The van der Waals surface area contributed by atoms with Gasteiger partial charge in [0.25, 0.3) is 11.8 Å². The number of rotatable bonds is 7. The van der Waals surface area contributed by atoms with Crippen molar-refractivity contribution in [1.82, 2.24) is 29.9 Å². The third kappa shape index (κ3) is 4.54. The number of carbonyl (C=O) groups is 2. The molecular formula is C25H23N7O3. The monoisotopic (exact) mass is 469 g/mol. The minimum absolute atomic E-state index is 0.107. The zero-order valence-corrected chi connectivity index (χ0v) is 19.2. The van der Waals surface area contributed by atoms with Gasteiger partial charge in [-0.3, -0.25) is 19.0 Å². The van der Waals surface area contributed by atoms with Gasteiger partial charge in [-0.15, -0.1) is 0 Å². The van der Waals surface area contributed by atoms with E-state index in [1.165, 1.54) is 10.9 Å². The molecule has 4 heterocycles. The summed E-state index contributed by atoms with van der Waals surface area (Å²) >= 11 is 0. The fourth-order valence-corrected chi connectivity index (χ4v) is 3.78. The SMILES string of the molecule is CCn1cc(-c2cc(C(=O)Nc3cn(C)nc3C(=O)NCc3ccco3)c3ccccc3n2)cn1. The Morgan fingerprint density at radius 3 is 2.71 bits per heavy atom. The van der Waals surface area contributed by atoms with E-state index in [9.17, 15) is 9.59 Å². The van der Waals surface area contributed by atoms with E-state index in [1.54, 1.807) is 42.3 Å². The van der Waals surface area contributed by atoms with E-state index in [0.717, 1.165) is 12.1 Å². The number of amides is 2. The number of carbonyl (C=O) groups excluding carboxylic acids is 2. The molecule has 0 radical (unpaired) electrons. The Hall–Kier alpha value is -4.73. The summed E-state index contributed by atoms with van der Waals surface area (Å²) in [6.45, 7) is 2.94. The second kappa shape index (κ2) is 9.26. The maximum Gasteiger partial charge on any atom is 0.274 e. The molecule has 0 aliphatic rings. The van der Waals surface area contributed by atoms with Gasteiger partial charge in [-0.2, -0.15) is 10.2 Å². The number of nitrogens with one attached hydrogen (secondary N) is 2. The molecule has 0 aliphatic heterocycles. The summed E-state index contributed by atoms with van der Waals surface area (Å²) in [6, 6.07) is 12.7. The van der Waals surface area contributed by atoms with Gasteiger partial charge in [-0.25, -0.2) is 4.98 Å². The molecule has 1 aromatic carbocycles. The second-order valence-corrected chi connectivity index (χ2v) is 7.94. The standard InChI is InChI=1S/C25H23N7O3/c1-3-32-14-16(12-27-32)21-11-19(18-8-4-5-9-20(18)28-21)24(33)29-22-15-31(2)30-23(22)25(34)26-13-17-7-6-10-35-17/h4-12,14-15H,3,13H2,1-2H3,(H,26,34)(H,29,33). The molecule has 4 aromatic heterocycles. The Kier molecular flexibility index (Phi) is 5.84. The molecule has 0 aliphatic carbocycles. The fraction of sp³-hybridized carbons (Fsp3) is 0.160. The lowest BCUT2D eigenvalue weighted by Crippen LogP contribution is -2.25. The number of benzene rings is 1. The van der Waals surface area contributed by atoms with Crippen LogP contribution in [0.4, 0.5) is 5.69 Å². The molecule has 176 valence electrons. The molecule has 0 unspecified atom stereocenters. The van der Waals surface area contributed by atoms with Crippen molar-refractivity contribution in [3.8, 4) is 11.3 Å². The highest BCUT2D eigenvalue weighted by atomic mass is 16.3. The zero-order valence-electron chi connectivity index (χ0n) is 19.2. The number of hydrogen-bond donors (Lipinski definition) is 2. The first-order chi connectivity index (χ1) is 17.0. The van der Waals surface area contributed by atoms with Crippen LogP contribution in [0.1, 0.15) is 33.5 Å². The summed E-state index contributed by atoms with van der Waals surface area (Å²) in [6.07, 6.45) is 6.75. The average Bonchev–Trinajstić information content (AvgIpc) is 3.63. The van der Waals surface area contributed by atoms with Gasteiger partial charge in [-0.05, 0) is 31.2 Å². The van der Waals surface area contributed by atoms with Crippen LogP contribution in [0.2, 0.25) is 0 Å². The van der Waals surface area contributed by atoms with Crippen molar-refractivity contribution in [2.75, 3.05) is 5.32 Å². The van der Waals surface area contributed by atoms with Crippen LogP contribution in [0.15, 0.2) is 71.7 Å². The Balaban J connectivity index is 1.45. The summed E-state index contributed by atoms with van der Waals surface area (Å²) < 4.78 is 8.53. The summed E-state index contributed by atoms with van der Waals surface area (Å²) in [4.78, 5) is 31.0. The van der Waals surface area contributed by atoms with Gasteiger partial charge in [0.05, 0.1) is 41.5 Å². The summed E-state index contributed by atoms with van der Waals surface area (Å²) in [5.74, 6) is -0.188. The molecule has 2 N–H and O–H groups in total. The van der Waals surface area contributed by atoms with Crippen molar-refractivity contribution in [2.24, 2.45) is 7.05 Å². The van der Waals surface area contributed by atoms with Crippen LogP contribution in [0.3, 0.4) is 0 Å². The summed E-state index contributed by atoms with van der Waals surface area (Å²) in [5.41, 5.74) is 2.97. The molecule has 0 spiro atoms. The Morgan fingerprint density at radius 1 is 1.09 bits per heavy atom. The van der Waals surface area contributed by atoms with Crippen molar-refractivity contribution in [1.29, 1.82) is 0 Å². The third-order valence-electron chi connectivity index (χ3n) is 5.51. The minimum Gasteiger partial charge on any atom is -0.467 e. The van der Waals surface area contributed by atoms with Gasteiger partial charge in [0.2, 0.25) is 0 Å². The topological polar surface area (TPSA) is 120 Å². The number of pyridine rings is 1. The largest absolute Gasteiger partial charge is 0.467 e. The van der Waals surface area contributed by atoms with Crippen molar-refractivity contribution < 1.29 is 14.0 Å². The number of fused-ring (bicyclic) bond motifs is 1. The summed E-state index contributed by atoms with van der Waals surface area (Å²) in [5, 5.41) is 14.9. The lowest BCUT2D eigenvalue weighted by atomic mass is 10.0. The summed E-state index contributed by atoms with van der Waals surface area (Å²) in [7, 11) is 1.68. The first-order valence-corrected chi connectivity index (χ1v) is 11.1. The number of hydrogen-bond acceptors (Lipinski definition) is 6. The highest BCUT2D eigenvalue weighted by Gasteiger charge is 2.21. The Bertz CT molecular complexity index is 1520. The lowest BCUT2D eigenvalue weighted by Gasteiger charge is -2.10. The number of anilines is 1. The van der Waals surface area contributed by atoms with Gasteiger partial charge in [0.15, 0.2) is 5.69 Å². The van der Waals surface area contributed by atoms with Gasteiger partial charge in [0.1, 0.15) is 5.76 Å². The highest BCUT2D eigenvalue weighted by Crippen LogP contribution is 2.26. The molecule has 0 atom stereocenters. The van der Waals surface area contributed by atoms with Crippen LogP contribution in [-0.2, 0) is 20.1 Å². The second-order valence-electron chi connectivity index (χ2n) is 7.94. The predicted octanol–water partition coefficient (Wildman–Crippen LogP) is 3.63. The average molecular weight is 470 g/mol. The van der Waals surface area contributed by atoms with E-state index in [2.05, 4.69) is 20.8 Å². The van der Waals surface area contributed by atoms with Crippen molar-refractivity contribution in [3.05, 3.63) is 84.3 Å². The predicted molar refractivity (Wildman–Crippen MR) is 130 cm³/mol. The van der Waals surface area contributed by atoms with Crippen molar-refractivity contribution in [2.45, 2.75) is 20.0 Å². The van der Waals surface area contributed by atoms with Gasteiger partial charge in [0, 0.05) is 36.9 Å². The molecule has 5 aromatic rings. The maximum absolute atomic E-state index is 13.5. The number of aromatic nitrogens is 5. The van der Waals surface area contributed by atoms with Crippen LogP contribution >= 0.6 is 0 Å². The van der Waals surface area contributed by atoms with Crippen LogP contribution < -0.4 is 10.6 Å². The van der Waals surface area contributed by atoms with Gasteiger partial charge < -0.3 is 15.1 Å². The molecule has 10 heteroatoms. The quantitative estimate of drug-likeness (QED) is 0.376. The third-order valence-corrected chi connectivity index (χ3v) is 5.51. The van der Waals surface area contributed by atoms with E-state index in [-0.39, 0.29) is 18.1 Å². The molecule has 0 saturated heterocycles. The first kappa shape index (κ1) is 22.1. The molecule has 2 amide bonds. The zero-order chi connectivity index (χ0) is 24.4.